The first-order valence-electron chi connectivity index (χ1n) is 7.21. The number of hydrogen-bond acceptors (Lipinski definition) is 3. The van der Waals surface area contributed by atoms with Crippen LogP contribution in [-0.4, -0.2) is 11.7 Å². The van der Waals surface area contributed by atoms with Crippen LogP contribution in [0, 0.1) is 48.5 Å². The Morgan fingerprint density at radius 2 is 1.68 bits per heavy atom. The van der Waals surface area contributed by atoms with Crippen LogP contribution in [0.3, 0.4) is 0 Å². The van der Waals surface area contributed by atoms with Gasteiger partial charge in [-0.05, 0) is 43.2 Å². The molecule has 0 aliphatic carbocycles. The first kappa shape index (κ1) is 18.2. The van der Waals surface area contributed by atoms with Crippen LogP contribution in [0.2, 0.25) is 0 Å². The summed E-state index contributed by atoms with van der Waals surface area (Å²) in [4.78, 5) is 24.5. The van der Waals surface area contributed by atoms with Gasteiger partial charge in [0.2, 0.25) is 5.91 Å². The van der Waals surface area contributed by atoms with Crippen LogP contribution in [0.15, 0.2) is 30.3 Å². The van der Waals surface area contributed by atoms with Crippen molar-refractivity contribution >= 4 is 17.4 Å². The summed E-state index contributed by atoms with van der Waals surface area (Å²) >= 11 is 0. The Bertz CT molecular complexity index is 881. The Balaban J connectivity index is 2.30. The number of benzene rings is 2. The molecule has 0 fully saturated rings. The Labute approximate surface area is 141 Å². The van der Waals surface area contributed by atoms with E-state index in [1.165, 1.54) is 6.07 Å². The molecule has 4 nitrogen and oxygen atoms in total. The number of aryl methyl sites for hydroxylation is 2. The standard InChI is InChI=1S/C18H13F3N2O2/c1-9-3-4-10(2)15(5-9)23-18(25)12(8-22)17(24)11-6-13(19)16(21)14(20)7-11/h3-7,12H,1-2H3,(H,23,25). The fourth-order valence-corrected chi connectivity index (χ4v) is 2.18. The lowest BCUT2D eigenvalue weighted by Crippen LogP contribution is -2.29. The van der Waals surface area contributed by atoms with Gasteiger partial charge >= 0.3 is 0 Å². The van der Waals surface area contributed by atoms with Gasteiger partial charge in [-0.2, -0.15) is 5.26 Å². The van der Waals surface area contributed by atoms with Gasteiger partial charge in [0.25, 0.3) is 0 Å². The summed E-state index contributed by atoms with van der Waals surface area (Å²) in [6, 6.07) is 7.64. The molecule has 0 aliphatic heterocycles. The zero-order valence-corrected chi connectivity index (χ0v) is 13.4. The molecule has 1 amide bonds. The number of ketones is 1. The van der Waals surface area contributed by atoms with Crippen molar-refractivity contribution in [2.75, 3.05) is 5.32 Å². The van der Waals surface area contributed by atoms with Gasteiger partial charge in [-0.15, -0.1) is 0 Å². The lowest BCUT2D eigenvalue weighted by molar-refractivity contribution is -0.117. The lowest BCUT2D eigenvalue weighted by Gasteiger charge is -2.12. The second-order valence-electron chi connectivity index (χ2n) is 5.49. The molecule has 0 heterocycles. The summed E-state index contributed by atoms with van der Waals surface area (Å²) in [6.07, 6.45) is 0. The molecule has 1 unspecified atom stereocenters. The zero-order chi connectivity index (χ0) is 18.7. The van der Waals surface area contributed by atoms with E-state index in [0.717, 1.165) is 5.56 Å². The van der Waals surface area contributed by atoms with Crippen molar-refractivity contribution in [1.29, 1.82) is 5.26 Å². The number of anilines is 1. The highest BCUT2D eigenvalue weighted by Gasteiger charge is 2.29. The zero-order valence-electron chi connectivity index (χ0n) is 13.4. The smallest absolute Gasteiger partial charge is 0.249 e. The van der Waals surface area contributed by atoms with Gasteiger partial charge in [-0.1, -0.05) is 12.1 Å². The molecule has 0 aliphatic rings. The van der Waals surface area contributed by atoms with Crippen molar-refractivity contribution in [2.45, 2.75) is 13.8 Å². The van der Waals surface area contributed by atoms with Gasteiger partial charge in [0.15, 0.2) is 29.2 Å². The summed E-state index contributed by atoms with van der Waals surface area (Å²) in [5, 5.41) is 11.6. The maximum atomic E-state index is 13.3. The third kappa shape index (κ3) is 3.86. The number of carbonyl (C=O) groups is 2. The molecule has 0 saturated heterocycles. The van der Waals surface area contributed by atoms with Gasteiger partial charge < -0.3 is 5.32 Å². The number of nitrogens with zero attached hydrogens (tertiary/aromatic N) is 1. The van der Waals surface area contributed by atoms with Crippen molar-refractivity contribution in [3.05, 3.63) is 64.5 Å². The van der Waals surface area contributed by atoms with E-state index in [-0.39, 0.29) is 0 Å². The molecule has 0 spiro atoms. The summed E-state index contributed by atoms with van der Waals surface area (Å²) in [5.74, 6) is -8.77. The molecule has 2 rings (SSSR count). The predicted octanol–water partition coefficient (Wildman–Crippen LogP) is 3.68. The highest BCUT2D eigenvalue weighted by atomic mass is 19.2. The van der Waals surface area contributed by atoms with E-state index in [0.29, 0.717) is 23.4 Å². The number of rotatable bonds is 4. The van der Waals surface area contributed by atoms with Crippen LogP contribution >= 0.6 is 0 Å². The average molecular weight is 346 g/mol. The summed E-state index contributed by atoms with van der Waals surface area (Å²) in [7, 11) is 0. The van der Waals surface area contributed by atoms with E-state index in [1.54, 1.807) is 26.0 Å². The molecule has 1 N–H and O–H groups in total. The van der Waals surface area contributed by atoms with E-state index in [4.69, 9.17) is 5.26 Å². The quantitative estimate of drug-likeness (QED) is 0.521. The number of nitriles is 1. The summed E-state index contributed by atoms with van der Waals surface area (Å²) < 4.78 is 39.5. The van der Waals surface area contributed by atoms with Crippen LogP contribution in [-0.2, 0) is 4.79 Å². The molecule has 7 heteroatoms. The number of amides is 1. The van der Waals surface area contributed by atoms with Crippen LogP contribution in [0.4, 0.5) is 18.9 Å². The van der Waals surface area contributed by atoms with Crippen molar-refractivity contribution < 1.29 is 22.8 Å². The average Bonchev–Trinajstić information content (AvgIpc) is 2.56. The Morgan fingerprint density at radius 1 is 1.08 bits per heavy atom. The first-order chi connectivity index (χ1) is 11.7. The third-order valence-corrected chi connectivity index (χ3v) is 3.57. The van der Waals surface area contributed by atoms with E-state index in [9.17, 15) is 22.8 Å². The molecule has 128 valence electrons. The van der Waals surface area contributed by atoms with E-state index in [1.807, 2.05) is 6.07 Å². The fourth-order valence-electron chi connectivity index (χ4n) is 2.18. The van der Waals surface area contributed by atoms with Crippen molar-refractivity contribution in [2.24, 2.45) is 5.92 Å². The molecule has 2 aromatic carbocycles. The topological polar surface area (TPSA) is 70.0 Å². The van der Waals surface area contributed by atoms with Gasteiger partial charge in [-0.3, -0.25) is 9.59 Å². The van der Waals surface area contributed by atoms with E-state index >= 15 is 0 Å². The van der Waals surface area contributed by atoms with Crippen LogP contribution in [0.1, 0.15) is 21.5 Å². The molecule has 25 heavy (non-hydrogen) atoms. The minimum Gasteiger partial charge on any atom is -0.324 e. The molecular formula is C18H13F3N2O2. The molecule has 0 saturated carbocycles. The number of halogens is 3. The number of carbonyl (C=O) groups excluding carboxylic acids is 2. The number of Topliss-reactive ketones (excluding diaryl/α,β-unsaturated/α-hetero) is 1. The predicted molar refractivity (Wildman–Crippen MR) is 84.3 cm³/mol. The Kier molecular flexibility index (Phi) is 5.22. The molecule has 2 aromatic rings. The van der Waals surface area contributed by atoms with Crippen LogP contribution in [0.5, 0.6) is 0 Å². The van der Waals surface area contributed by atoms with Gasteiger partial charge in [0.05, 0.1) is 6.07 Å². The molecule has 0 bridgehead atoms. The monoisotopic (exact) mass is 346 g/mol. The number of hydrogen-bond donors (Lipinski definition) is 1. The number of nitrogens with one attached hydrogen (secondary N) is 1. The van der Waals surface area contributed by atoms with Gasteiger partial charge in [-0.25, -0.2) is 13.2 Å². The minimum atomic E-state index is -1.83. The third-order valence-electron chi connectivity index (χ3n) is 3.57. The van der Waals surface area contributed by atoms with Crippen molar-refractivity contribution in [1.82, 2.24) is 0 Å². The van der Waals surface area contributed by atoms with E-state index in [2.05, 4.69) is 5.32 Å². The Morgan fingerprint density at radius 3 is 2.24 bits per heavy atom. The summed E-state index contributed by atoms with van der Waals surface area (Å²) in [5.41, 5.74) is 1.37. The summed E-state index contributed by atoms with van der Waals surface area (Å²) in [6.45, 7) is 3.52. The normalized spacial score (nSPS) is 11.5. The highest BCUT2D eigenvalue weighted by Crippen LogP contribution is 2.20. The second-order valence-corrected chi connectivity index (χ2v) is 5.49. The molecule has 1 atom stereocenters. The SMILES string of the molecule is Cc1ccc(C)c(NC(=O)C(C#N)C(=O)c2cc(F)c(F)c(F)c2)c1. The molecular weight excluding hydrogens is 333 g/mol. The fraction of sp³-hybridized carbons (Fsp3) is 0.167. The van der Waals surface area contributed by atoms with Crippen LogP contribution in [0.25, 0.3) is 0 Å². The second kappa shape index (κ2) is 7.18. The molecule has 0 radical (unpaired) electrons. The largest absolute Gasteiger partial charge is 0.324 e. The maximum Gasteiger partial charge on any atom is 0.249 e. The Hall–Kier alpha value is -3.14. The van der Waals surface area contributed by atoms with Crippen LogP contribution < -0.4 is 5.32 Å². The van der Waals surface area contributed by atoms with E-state index < -0.39 is 40.6 Å². The van der Waals surface area contributed by atoms with Gasteiger partial charge in [0.1, 0.15) is 0 Å². The molecule has 0 aromatic heterocycles. The van der Waals surface area contributed by atoms with Crippen molar-refractivity contribution in [3.63, 3.8) is 0 Å². The highest BCUT2D eigenvalue weighted by molar-refractivity contribution is 6.15. The van der Waals surface area contributed by atoms with Gasteiger partial charge in [0, 0.05) is 11.3 Å². The lowest BCUT2D eigenvalue weighted by atomic mass is 9.97. The minimum absolute atomic E-state index is 0.412. The maximum absolute atomic E-state index is 13.3. The van der Waals surface area contributed by atoms with Crippen molar-refractivity contribution in [3.8, 4) is 6.07 Å². The first-order valence-corrected chi connectivity index (χ1v) is 7.21.